The number of rotatable bonds is 4. The van der Waals surface area contributed by atoms with Crippen molar-refractivity contribution in [3.63, 3.8) is 0 Å². The van der Waals surface area contributed by atoms with Crippen LogP contribution in [0.2, 0.25) is 0 Å². The zero-order valence-electron chi connectivity index (χ0n) is 12.9. The Kier molecular flexibility index (Phi) is 3.62. The lowest BCUT2D eigenvalue weighted by Crippen LogP contribution is -2.23. The molecule has 1 amide bonds. The van der Waals surface area contributed by atoms with Crippen LogP contribution in [0.25, 0.3) is 22.3 Å². The highest BCUT2D eigenvalue weighted by molar-refractivity contribution is 5.97. The van der Waals surface area contributed by atoms with E-state index in [0.717, 1.165) is 10.9 Å². The Morgan fingerprint density at radius 1 is 1.20 bits per heavy atom. The molecule has 0 bridgehead atoms. The van der Waals surface area contributed by atoms with Crippen LogP contribution in [-0.2, 0) is 6.54 Å². The first-order valence-electron chi connectivity index (χ1n) is 7.57. The Morgan fingerprint density at radius 2 is 2.08 bits per heavy atom. The lowest BCUT2D eigenvalue weighted by Gasteiger charge is -1.99. The SMILES string of the molecule is O=C(NCc1nc(-c2ccc[nH]c2=O)no1)c1cc2ccccc2[nH]1. The fourth-order valence-corrected chi connectivity index (χ4v) is 2.48. The second-order valence-corrected chi connectivity index (χ2v) is 5.38. The maximum atomic E-state index is 12.2. The average Bonchev–Trinajstić information content (AvgIpc) is 3.27. The number of amides is 1. The van der Waals surface area contributed by atoms with Gasteiger partial charge in [0.2, 0.25) is 11.7 Å². The number of carbonyl (C=O) groups is 1. The van der Waals surface area contributed by atoms with Crippen LogP contribution < -0.4 is 10.9 Å². The van der Waals surface area contributed by atoms with Crippen LogP contribution in [0.15, 0.2) is 58.0 Å². The topological polar surface area (TPSA) is 117 Å². The van der Waals surface area contributed by atoms with Crippen LogP contribution in [0.3, 0.4) is 0 Å². The molecule has 0 unspecified atom stereocenters. The Hall–Kier alpha value is -3.68. The number of H-pyrrole nitrogens is 2. The molecule has 0 saturated carbocycles. The van der Waals surface area contributed by atoms with Crippen LogP contribution in [0.4, 0.5) is 0 Å². The minimum Gasteiger partial charge on any atom is -0.351 e. The summed E-state index contributed by atoms with van der Waals surface area (Å²) in [5, 5.41) is 7.43. The van der Waals surface area contributed by atoms with Crippen molar-refractivity contribution in [3.05, 3.63) is 70.6 Å². The molecule has 0 fully saturated rings. The summed E-state index contributed by atoms with van der Waals surface area (Å²) in [6.07, 6.45) is 1.52. The summed E-state index contributed by atoms with van der Waals surface area (Å²) in [5.74, 6) is 0.105. The number of hydrogen-bond donors (Lipinski definition) is 3. The van der Waals surface area contributed by atoms with Crippen LogP contribution in [0.5, 0.6) is 0 Å². The van der Waals surface area contributed by atoms with E-state index >= 15 is 0 Å². The molecule has 3 heterocycles. The normalized spacial score (nSPS) is 10.9. The average molecular weight is 335 g/mol. The Labute approximate surface area is 140 Å². The molecule has 1 aromatic carbocycles. The number of aromatic nitrogens is 4. The largest absolute Gasteiger partial charge is 0.351 e. The van der Waals surface area contributed by atoms with E-state index in [4.69, 9.17) is 4.52 Å². The number of aromatic amines is 2. The fourth-order valence-electron chi connectivity index (χ4n) is 2.48. The minimum absolute atomic E-state index is 0.0614. The molecule has 25 heavy (non-hydrogen) atoms. The third kappa shape index (κ3) is 2.92. The van der Waals surface area contributed by atoms with Crippen molar-refractivity contribution < 1.29 is 9.32 Å². The fraction of sp³-hybridized carbons (Fsp3) is 0.0588. The lowest BCUT2D eigenvalue weighted by molar-refractivity contribution is 0.0942. The van der Waals surface area contributed by atoms with E-state index in [1.807, 2.05) is 24.3 Å². The summed E-state index contributed by atoms with van der Waals surface area (Å²) in [5.41, 5.74) is 1.33. The molecule has 4 rings (SSSR count). The predicted octanol–water partition coefficient (Wildman–Crippen LogP) is 1.84. The summed E-state index contributed by atoms with van der Waals surface area (Å²) in [7, 11) is 0. The molecular weight excluding hydrogens is 322 g/mol. The van der Waals surface area contributed by atoms with E-state index < -0.39 is 0 Å². The van der Waals surface area contributed by atoms with Crippen LogP contribution in [0.1, 0.15) is 16.4 Å². The van der Waals surface area contributed by atoms with E-state index in [1.54, 1.807) is 18.2 Å². The minimum atomic E-state index is -0.308. The van der Waals surface area contributed by atoms with Gasteiger partial charge < -0.3 is 19.8 Å². The second-order valence-electron chi connectivity index (χ2n) is 5.38. The molecular formula is C17H13N5O3. The van der Waals surface area contributed by atoms with Gasteiger partial charge in [-0.15, -0.1) is 0 Å². The van der Waals surface area contributed by atoms with Gasteiger partial charge in [-0.1, -0.05) is 23.4 Å². The number of nitrogens with zero attached hydrogens (tertiary/aromatic N) is 2. The monoisotopic (exact) mass is 335 g/mol. The summed E-state index contributed by atoms with van der Waals surface area (Å²) in [4.78, 5) is 33.7. The van der Waals surface area contributed by atoms with Gasteiger partial charge in [-0.3, -0.25) is 9.59 Å². The van der Waals surface area contributed by atoms with Gasteiger partial charge in [0.1, 0.15) is 5.69 Å². The molecule has 3 aromatic heterocycles. The smallest absolute Gasteiger partial charge is 0.268 e. The number of para-hydroxylation sites is 1. The number of fused-ring (bicyclic) bond motifs is 1. The number of benzene rings is 1. The van der Waals surface area contributed by atoms with Crippen molar-refractivity contribution >= 4 is 16.8 Å². The molecule has 0 radical (unpaired) electrons. The van der Waals surface area contributed by atoms with Crippen molar-refractivity contribution in [2.24, 2.45) is 0 Å². The van der Waals surface area contributed by atoms with Gasteiger partial charge in [0, 0.05) is 17.1 Å². The van der Waals surface area contributed by atoms with E-state index in [1.165, 1.54) is 6.20 Å². The zero-order chi connectivity index (χ0) is 17.2. The zero-order valence-corrected chi connectivity index (χ0v) is 12.9. The van der Waals surface area contributed by atoms with Crippen molar-refractivity contribution in [3.8, 4) is 11.4 Å². The van der Waals surface area contributed by atoms with Crippen molar-refractivity contribution in [1.82, 2.24) is 25.4 Å². The van der Waals surface area contributed by atoms with Crippen LogP contribution in [0, 0.1) is 0 Å². The van der Waals surface area contributed by atoms with Crippen LogP contribution in [-0.4, -0.2) is 26.0 Å². The molecule has 124 valence electrons. The number of nitrogens with one attached hydrogen (secondary N) is 3. The maximum absolute atomic E-state index is 12.2. The molecule has 3 N–H and O–H groups in total. The van der Waals surface area contributed by atoms with Gasteiger partial charge in [0.05, 0.1) is 12.1 Å². The van der Waals surface area contributed by atoms with Gasteiger partial charge in [-0.05, 0) is 24.3 Å². The summed E-state index contributed by atoms with van der Waals surface area (Å²) >= 11 is 0. The molecule has 4 aromatic rings. The first-order valence-corrected chi connectivity index (χ1v) is 7.57. The predicted molar refractivity (Wildman–Crippen MR) is 89.8 cm³/mol. The van der Waals surface area contributed by atoms with E-state index in [0.29, 0.717) is 11.3 Å². The van der Waals surface area contributed by atoms with E-state index in [-0.39, 0.29) is 29.7 Å². The first kappa shape index (κ1) is 14.9. The quantitative estimate of drug-likeness (QED) is 0.526. The van der Waals surface area contributed by atoms with Gasteiger partial charge in [-0.25, -0.2) is 0 Å². The van der Waals surface area contributed by atoms with Gasteiger partial charge in [-0.2, -0.15) is 4.98 Å². The van der Waals surface area contributed by atoms with Crippen molar-refractivity contribution in [1.29, 1.82) is 0 Å². The Balaban J connectivity index is 1.47. The molecule has 8 heteroatoms. The van der Waals surface area contributed by atoms with Crippen molar-refractivity contribution in [2.75, 3.05) is 0 Å². The highest BCUT2D eigenvalue weighted by atomic mass is 16.5. The first-order chi connectivity index (χ1) is 12.2. The lowest BCUT2D eigenvalue weighted by atomic mass is 10.2. The summed E-state index contributed by atoms with van der Waals surface area (Å²) in [6.45, 7) is 0.0614. The summed E-state index contributed by atoms with van der Waals surface area (Å²) in [6, 6.07) is 12.7. The highest BCUT2D eigenvalue weighted by Gasteiger charge is 2.14. The van der Waals surface area contributed by atoms with Gasteiger partial charge in [0.25, 0.3) is 11.5 Å². The Bertz CT molecular complexity index is 1080. The summed E-state index contributed by atoms with van der Waals surface area (Å²) < 4.78 is 5.08. The number of hydrogen-bond acceptors (Lipinski definition) is 5. The molecule has 0 aliphatic heterocycles. The van der Waals surface area contributed by atoms with E-state index in [9.17, 15) is 9.59 Å². The second kappa shape index (κ2) is 6.08. The van der Waals surface area contributed by atoms with Crippen molar-refractivity contribution in [2.45, 2.75) is 6.54 Å². The standard InChI is InChI=1S/C17H13N5O3/c23-16-11(5-3-7-18-16)15-21-14(25-22-15)9-19-17(24)13-8-10-4-1-2-6-12(10)20-13/h1-8,20H,9H2,(H,18,23)(H,19,24). The van der Waals surface area contributed by atoms with Gasteiger partial charge >= 0.3 is 0 Å². The van der Waals surface area contributed by atoms with Crippen LogP contribution >= 0.6 is 0 Å². The Morgan fingerprint density at radius 3 is 2.92 bits per heavy atom. The molecule has 8 nitrogen and oxygen atoms in total. The molecule has 0 aliphatic carbocycles. The molecule has 0 saturated heterocycles. The molecule has 0 spiro atoms. The molecule has 0 aliphatic rings. The third-order valence-corrected chi connectivity index (χ3v) is 3.70. The highest BCUT2D eigenvalue weighted by Crippen LogP contribution is 2.15. The number of carbonyl (C=O) groups excluding carboxylic acids is 1. The number of pyridine rings is 1. The molecule has 0 atom stereocenters. The third-order valence-electron chi connectivity index (χ3n) is 3.70. The maximum Gasteiger partial charge on any atom is 0.268 e. The van der Waals surface area contributed by atoms with E-state index in [2.05, 4.69) is 25.4 Å². The van der Waals surface area contributed by atoms with Gasteiger partial charge in [0.15, 0.2) is 0 Å².